The van der Waals surface area contributed by atoms with Gasteiger partial charge in [-0.25, -0.2) is 9.59 Å². The molecule has 1 saturated heterocycles. The smallest absolute Gasteiger partial charge is 0.378 e. The molecule has 0 radical (unpaired) electrons. The van der Waals surface area contributed by atoms with Crippen molar-refractivity contribution >= 4 is 52.8 Å². The molecule has 1 aliphatic carbocycles. The van der Waals surface area contributed by atoms with Crippen LogP contribution in [0.1, 0.15) is 59.8 Å². The summed E-state index contributed by atoms with van der Waals surface area (Å²) in [6.07, 6.45) is 5.09. The molecule has 1 aliphatic heterocycles. The Balaban J connectivity index is 1.84. The molecule has 2 rings (SSSR count). The predicted molar refractivity (Wildman–Crippen MR) is 120 cm³/mol. The van der Waals surface area contributed by atoms with Crippen LogP contribution in [0.25, 0.3) is 0 Å². The molecule has 2 aliphatic rings. The number of halogens is 1. The normalized spacial score (nSPS) is 26.6. The number of nitrogens with zero attached hydrogens (tertiary/aromatic N) is 1. The second-order valence-electron chi connectivity index (χ2n) is 8.84. The lowest BCUT2D eigenvalue weighted by Gasteiger charge is -2.41. The van der Waals surface area contributed by atoms with Crippen LogP contribution >= 0.6 is 23.4 Å². The lowest BCUT2D eigenvalue weighted by atomic mass is 9.67. The molecule has 0 aromatic rings. The van der Waals surface area contributed by atoms with Crippen LogP contribution in [-0.2, 0) is 33.4 Å². The summed E-state index contributed by atoms with van der Waals surface area (Å²) in [6.45, 7) is 7.26. The number of ketones is 2. The van der Waals surface area contributed by atoms with Crippen molar-refractivity contribution in [3.8, 4) is 0 Å². The van der Waals surface area contributed by atoms with E-state index in [1.54, 1.807) is 0 Å². The molecule has 2 fully saturated rings. The number of esters is 2. The van der Waals surface area contributed by atoms with Crippen molar-refractivity contribution in [3.05, 3.63) is 11.5 Å². The number of amides is 1. The molecule has 8 nitrogen and oxygen atoms in total. The third kappa shape index (κ3) is 6.81. The highest BCUT2D eigenvalue weighted by atomic mass is 35.5. The summed E-state index contributed by atoms with van der Waals surface area (Å²) in [6, 6.07) is 0. The maximum atomic E-state index is 12.2. The van der Waals surface area contributed by atoms with Crippen LogP contribution in [-0.4, -0.2) is 57.9 Å². The van der Waals surface area contributed by atoms with E-state index in [-0.39, 0.29) is 17.9 Å². The van der Waals surface area contributed by atoms with E-state index >= 15 is 0 Å². The number of carbonyl (C=O) groups excluding carboxylic acids is 5. The number of hydrogen-bond donors (Lipinski definition) is 0. The number of Topliss-reactive ketones (excluding diaryl/α,β-unsaturated/α-hetero) is 2. The van der Waals surface area contributed by atoms with Crippen LogP contribution in [0.5, 0.6) is 0 Å². The molecular weight excluding hydrogens is 458 g/mol. The zero-order valence-electron chi connectivity index (χ0n) is 18.8. The largest absolute Gasteiger partial charge is 0.459 e. The second-order valence-corrected chi connectivity index (χ2v) is 10.3. The summed E-state index contributed by atoms with van der Waals surface area (Å²) in [5.74, 6) is -3.18. The van der Waals surface area contributed by atoms with E-state index in [0.29, 0.717) is 5.92 Å². The van der Waals surface area contributed by atoms with Gasteiger partial charge in [-0.15, -0.1) is 11.8 Å². The quantitative estimate of drug-likeness (QED) is 0.115. The molecule has 4 atom stereocenters. The maximum absolute atomic E-state index is 12.2. The molecule has 32 heavy (non-hydrogen) atoms. The average molecular weight is 488 g/mol. The molecule has 0 aromatic heterocycles. The van der Waals surface area contributed by atoms with Gasteiger partial charge in [-0.2, -0.15) is 0 Å². The monoisotopic (exact) mass is 487 g/mol. The Morgan fingerprint density at radius 2 is 2.00 bits per heavy atom. The minimum atomic E-state index is -1.54. The highest BCUT2D eigenvalue weighted by Gasteiger charge is 2.45. The molecule has 0 N–H and O–H groups in total. The standard InChI is InChI=1S/C22H30ClNO7S/c1-13(2)22(4)8-5-6-15(11-22)31-18(27)7-9-32-17-10-16(26)24(17)20(23)19(28)21(29)30-12-14(3)25/h7,9,13,15,17,20H,5-6,8,10-12H2,1-4H3/t15?,17-,20?,22?/m1/s1. The average Bonchev–Trinajstić information content (AvgIpc) is 2.70. The third-order valence-electron chi connectivity index (χ3n) is 6.10. The topological polar surface area (TPSA) is 107 Å². The summed E-state index contributed by atoms with van der Waals surface area (Å²) in [5, 5.41) is 0.997. The SMILES string of the molecule is CC(=O)COC(=O)C(=O)C(Cl)N1C(=O)C[C@H]1SC=CC(=O)OC1CCCC(C)(C(C)C)C1. The lowest BCUT2D eigenvalue weighted by Crippen LogP contribution is -2.57. The van der Waals surface area contributed by atoms with Gasteiger partial charge in [0.1, 0.15) is 12.7 Å². The van der Waals surface area contributed by atoms with E-state index in [1.165, 1.54) is 18.4 Å². The van der Waals surface area contributed by atoms with Crippen LogP contribution in [0.3, 0.4) is 0 Å². The predicted octanol–water partition coefficient (Wildman–Crippen LogP) is 3.21. The van der Waals surface area contributed by atoms with Crippen molar-refractivity contribution in [2.24, 2.45) is 11.3 Å². The van der Waals surface area contributed by atoms with Gasteiger partial charge in [-0.1, -0.05) is 32.4 Å². The molecule has 1 saturated carbocycles. The minimum absolute atomic E-state index is 0.110. The van der Waals surface area contributed by atoms with E-state index in [0.717, 1.165) is 42.3 Å². The van der Waals surface area contributed by atoms with Crippen molar-refractivity contribution in [1.82, 2.24) is 4.90 Å². The van der Waals surface area contributed by atoms with Gasteiger partial charge in [0.25, 0.3) is 5.78 Å². The Bertz CT molecular complexity index is 799. The molecule has 3 unspecified atom stereocenters. The van der Waals surface area contributed by atoms with E-state index < -0.39 is 46.9 Å². The fraction of sp³-hybridized carbons (Fsp3) is 0.682. The number of rotatable bonds is 10. The molecule has 1 amide bonds. The number of carbonyl (C=O) groups is 5. The van der Waals surface area contributed by atoms with Crippen molar-refractivity contribution in [3.63, 3.8) is 0 Å². The summed E-state index contributed by atoms with van der Waals surface area (Å²) in [4.78, 5) is 59.8. The van der Waals surface area contributed by atoms with Crippen molar-refractivity contribution in [2.45, 2.75) is 76.8 Å². The summed E-state index contributed by atoms with van der Waals surface area (Å²) < 4.78 is 10.1. The Labute approximate surface area is 197 Å². The highest BCUT2D eigenvalue weighted by molar-refractivity contribution is 8.02. The van der Waals surface area contributed by atoms with E-state index in [2.05, 4.69) is 25.5 Å². The fourth-order valence-corrected chi connectivity index (χ4v) is 5.10. The zero-order chi connectivity index (χ0) is 24.1. The van der Waals surface area contributed by atoms with Crippen molar-refractivity contribution in [2.75, 3.05) is 6.61 Å². The minimum Gasteiger partial charge on any atom is -0.459 e. The van der Waals surface area contributed by atoms with Gasteiger partial charge >= 0.3 is 11.9 Å². The van der Waals surface area contributed by atoms with Gasteiger partial charge in [0.05, 0.1) is 11.8 Å². The first-order valence-corrected chi connectivity index (χ1v) is 12.0. The van der Waals surface area contributed by atoms with Crippen molar-refractivity contribution in [1.29, 1.82) is 0 Å². The number of ether oxygens (including phenoxy) is 2. The van der Waals surface area contributed by atoms with E-state index in [4.69, 9.17) is 16.3 Å². The van der Waals surface area contributed by atoms with Crippen LogP contribution < -0.4 is 0 Å². The first-order chi connectivity index (χ1) is 14.9. The summed E-state index contributed by atoms with van der Waals surface area (Å²) >= 11 is 7.12. The maximum Gasteiger partial charge on any atom is 0.378 e. The van der Waals surface area contributed by atoms with E-state index in [9.17, 15) is 24.0 Å². The highest BCUT2D eigenvalue weighted by Crippen LogP contribution is 2.43. The molecule has 0 bridgehead atoms. The van der Waals surface area contributed by atoms with Gasteiger partial charge < -0.3 is 14.4 Å². The first-order valence-electron chi connectivity index (χ1n) is 10.6. The Morgan fingerprint density at radius 3 is 2.59 bits per heavy atom. The fourth-order valence-electron chi connectivity index (χ4n) is 3.72. The van der Waals surface area contributed by atoms with Gasteiger partial charge in [0, 0.05) is 6.08 Å². The van der Waals surface area contributed by atoms with Gasteiger partial charge in [-0.3, -0.25) is 14.4 Å². The van der Waals surface area contributed by atoms with Gasteiger partial charge in [0.2, 0.25) is 5.91 Å². The molecular formula is C22H30ClNO7S. The second kappa shape index (κ2) is 11.3. The van der Waals surface area contributed by atoms with E-state index in [1.807, 2.05) is 0 Å². The molecule has 0 aromatic carbocycles. The van der Waals surface area contributed by atoms with Crippen molar-refractivity contribution < 1.29 is 33.4 Å². The number of alkyl halides is 1. The Morgan fingerprint density at radius 1 is 1.31 bits per heavy atom. The number of thioether (sulfide) groups is 1. The number of β-lactam (4-membered cyclic amide) rings is 1. The van der Waals surface area contributed by atoms with Crippen LogP contribution in [0.4, 0.5) is 0 Å². The van der Waals surface area contributed by atoms with Crippen LogP contribution in [0.15, 0.2) is 11.5 Å². The van der Waals surface area contributed by atoms with Crippen LogP contribution in [0, 0.1) is 11.3 Å². The lowest BCUT2D eigenvalue weighted by molar-refractivity contribution is -0.159. The summed E-state index contributed by atoms with van der Waals surface area (Å²) in [5.41, 5.74) is -1.38. The van der Waals surface area contributed by atoms with Gasteiger partial charge in [-0.05, 0) is 49.3 Å². The van der Waals surface area contributed by atoms with Gasteiger partial charge in [0.15, 0.2) is 11.3 Å². The molecule has 0 spiro atoms. The molecule has 10 heteroatoms. The summed E-state index contributed by atoms with van der Waals surface area (Å²) in [7, 11) is 0. The Hall–Kier alpha value is -1.87. The number of hydrogen-bond acceptors (Lipinski definition) is 8. The molecule has 1 heterocycles. The zero-order valence-corrected chi connectivity index (χ0v) is 20.4. The van der Waals surface area contributed by atoms with Crippen LogP contribution in [0.2, 0.25) is 0 Å². The number of likely N-dealkylation sites (tertiary alicyclic amines) is 1. The first kappa shape index (κ1) is 26.4. The Kier molecular flexibility index (Phi) is 9.33. The third-order valence-corrected chi connectivity index (χ3v) is 7.51. The molecule has 178 valence electrons.